The molecule has 0 aliphatic carbocycles. The van der Waals surface area contributed by atoms with E-state index in [9.17, 15) is 17.6 Å². The van der Waals surface area contributed by atoms with Crippen LogP contribution < -0.4 is 5.73 Å². The number of anilines is 1. The van der Waals surface area contributed by atoms with E-state index in [0.717, 1.165) is 10.4 Å². The van der Waals surface area contributed by atoms with Crippen molar-refractivity contribution in [1.29, 1.82) is 0 Å². The molecule has 0 aromatic heterocycles. The fraction of sp³-hybridized carbons (Fsp3) is 0.364. The SMILES string of the molecule is CN(C)C(=O)CN(C)S(=O)(=O)c1cc(N)cc(Br)c1F. The molecular formula is C11H15BrFN3O3S. The van der Waals surface area contributed by atoms with Gasteiger partial charge in [0.2, 0.25) is 15.9 Å². The molecule has 0 aliphatic heterocycles. The van der Waals surface area contributed by atoms with Gasteiger partial charge in [-0.25, -0.2) is 12.8 Å². The monoisotopic (exact) mass is 367 g/mol. The fourth-order valence-electron chi connectivity index (χ4n) is 1.36. The summed E-state index contributed by atoms with van der Waals surface area (Å²) in [7, 11) is 0.0602. The number of nitrogens with zero attached hydrogens (tertiary/aromatic N) is 2. The number of benzene rings is 1. The van der Waals surface area contributed by atoms with E-state index in [1.54, 1.807) is 0 Å². The van der Waals surface area contributed by atoms with Crippen LogP contribution >= 0.6 is 15.9 Å². The second kappa shape index (κ2) is 6.06. The summed E-state index contributed by atoms with van der Waals surface area (Å²) in [4.78, 5) is 12.2. The number of amides is 1. The summed E-state index contributed by atoms with van der Waals surface area (Å²) in [5.41, 5.74) is 5.62. The molecule has 0 heterocycles. The molecule has 0 fully saturated rings. The Balaban J connectivity index is 3.21. The normalized spacial score (nSPS) is 11.7. The van der Waals surface area contributed by atoms with Crippen LogP contribution in [0.5, 0.6) is 0 Å². The number of nitrogens with two attached hydrogens (primary N) is 1. The van der Waals surface area contributed by atoms with Crippen LogP contribution in [0.25, 0.3) is 0 Å². The largest absolute Gasteiger partial charge is 0.399 e. The highest BCUT2D eigenvalue weighted by Gasteiger charge is 2.28. The van der Waals surface area contributed by atoms with Crippen LogP contribution in [-0.4, -0.2) is 51.2 Å². The topological polar surface area (TPSA) is 83.7 Å². The maximum Gasteiger partial charge on any atom is 0.246 e. The Kier molecular flexibility index (Phi) is 5.11. The van der Waals surface area contributed by atoms with E-state index < -0.39 is 26.6 Å². The Morgan fingerprint density at radius 2 is 1.90 bits per heavy atom. The van der Waals surface area contributed by atoms with Crippen LogP contribution in [0.15, 0.2) is 21.5 Å². The number of hydrogen-bond donors (Lipinski definition) is 1. The van der Waals surface area contributed by atoms with E-state index in [0.29, 0.717) is 0 Å². The number of halogens is 2. The van der Waals surface area contributed by atoms with Gasteiger partial charge >= 0.3 is 0 Å². The highest BCUT2D eigenvalue weighted by Crippen LogP contribution is 2.27. The first-order valence-electron chi connectivity index (χ1n) is 5.48. The number of carbonyl (C=O) groups excluding carboxylic acids is 1. The lowest BCUT2D eigenvalue weighted by Gasteiger charge is -2.19. The van der Waals surface area contributed by atoms with E-state index >= 15 is 0 Å². The molecule has 0 bridgehead atoms. The zero-order valence-electron chi connectivity index (χ0n) is 11.2. The molecule has 112 valence electrons. The molecule has 0 radical (unpaired) electrons. The number of sulfonamides is 1. The van der Waals surface area contributed by atoms with Crippen molar-refractivity contribution in [2.45, 2.75) is 4.90 Å². The molecule has 1 aromatic rings. The average molecular weight is 368 g/mol. The van der Waals surface area contributed by atoms with Gasteiger partial charge in [0.1, 0.15) is 4.90 Å². The molecule has 0 saturated heterocycles. The third-order valence-corrected chi connectivity index (χ3v) is 4.94. The van der Waals surface area contributed by atoms with Gasteiger partial charge in [-0.15, -0.1) is 0 Å². The average Bonchev–Trinajstić information content (AvgIpc) is 2.33. The standard InChI is InChI=1S/C11H15BrFN3O3S/c1-15(2)10(17)6-16(3)20(18,19)9-5-7(14)4-8(12)11(9)13/h4-5H,6,14H2,1-3H3. The Labute approximate surface area is 125 Å². The van der Waals surface area contributed by atoms with Gasteiger partial charge in [-0.1, -0.05) is 0 Å². The Hall–Kier alpha value is -1.19. The van der Waals surface area contributed by atoms with Crippen molar-refractivity contribution in [2.24, 2.45) is 0 Å². The van der Waals surface area contributed by atoms with Gasteiger partial charge in [0.15, 0.2) is 5.82 Å². The van der Waals surface area contributed by atoms with Gasteiger partial charge in [-0.05, 0) is 28.1 Å². The molecule has 6 nitrogen and oxygen atoms in total. The molecule has 9 heteroatoms. The minimum atomic E-state index is -4.14. The van der Waals surface area contributed by atoms with E-state index in [1.165, 1.54) is 32.1 Å². The summed E-state index contributed by atoms with van der Waals surface area (Å²) in [5.74, 6) is -1.36. The van der Waals surface area contributed by atoms with E-state index in [4.69, 9.17) is 5.73 Å². The van der Waals surface area contributed by atoms with Crippen LogP contribution in [0, 0.1) is 5.82 Å². The fourth-order valence-corrected chi connectivity index (χ4v) is 3.20. The van der Waals surface area contributed by atoms with Gasteiger partial charge in [0.05, 0.1) is 11.0 Å². The third kappa shape index (κ3) is 3.47. The van der Waals surface area contributed by atoms with Crippen LogP contribution in [0.3, 0.4) is 0 Å². The van der Waals surface area contributed by atoms with Crippen molar-refractivity contribution in [3.63, 3.8) is 0 Å². The van der Waals surface area contributed by atoms with Crippen LogP contribution in [-0.2, 0) is 14.8 Å². The quantitative estimate of drug-likeness (QED) is 0.800. The zero-order chi connectivity index (χ0) is 15.7. The molecule has 1 aromatic carbocycles. The van der Waals surface area contributed by atoms with Crippen LogP contribution in [0.4, 0.5) is 10.1 Å². The van der Waals surface area contributed by atoms with E-state index in [2.05, 4.69) is 15.9 Å². The maximum absolute atomic E-state index is 13.9. The van der Waals surface area contributed by atoms with Gasteiger partial charge in [-0.2, -0.15) is 4.31 Å². The molecule has 20 heavy (non-hydrogen) atoms. The molecule has 0 unspecified atom stereocenters. The van der Waals surface area contributed by atoms with Gasteiger partial charge < -0.3 is 10.6 Å². The smallest absolute Gasteiger partial charge is 0.246 e. The number of carbonyl (C=O) groups is 1. The molecule has 0 aliphatic rings. The van der Waals surface area contributed by atoms with Crippen molar-refractivity contribution < 1.29 is 17.6 Å². The Bertz CT molecular complexity index is 634. The molecule has 2 N–H and O–H groups in total. The first-order valence-corrected chi connectivity index (χ1v) is 7.71. The Morgan fingerprint density at radius 1 is 1.35 bits per heavy atom. The summed E-state index contributed by atoms with van der Waals surface area (Å²) in [6.45, 7) is -0.388. The van der Waals surface area contributed by atoms with E-state index in [1.807, 2.05) is 0 Å². The lowest BCUT2D eigenvalue weighted by molar-refractivity contribution is -0.128. The number of nitrogen functional groups attached to an aromatic ring is 1. The lowest BCUT2D eigenvalue weighted by atomic mass is 10.3. The zero-order valence-corrected chi connectivity index (χ0v) is 13.6. The Morgan fingerprint density at radius 3 is 2.40 bits per heavy atom. The lowest BCUT2D eigenvalue weighted by Crippen LogP contribution is -2.38. The highest BCUT2D eigenvalue weighted by atomic mass is 79.9. The minimum absolute atomic E-state index is 0.0524. The molecule has 1 rings (SSSR count). The molecule has 1 amide bonds. The van der Waals surface area contributed by atoms with Crippen molar-refractivity contribution in [3.8, 4) is 0 Å². The van der Waals surface area contributed by atoms with Crippen molar-refractivity contribution in [1.82, 2.24) is 9.21 Å². The maximum atomic E-state index is 13.9. The molecule has 0 spiro atoms. The van der Waals surface area contributed by atoms with Gasteiger partial charge in [-0.3, -0.25) is 4.79 Å². The third-order valence-electron chi connectivity index (χ3n) is 2.56. The molecule has 0 saturated carbocycles. The first-order chi connectivity index (χ1) is 9.07. The van der Waals surface area contributed by atoms with Gasteiger partial charge in [0, 0.05) is 26.8 Å². The molecular weight excluding hydrogens is 353 g/mol. The van der Waals surface area contributed by atoms with Crippen molar-refractivity contribution in [3.05, 3.63) is 22.4 Å². The second-order valence-electron chi connectivity index (χ2n) is 4.36. The first kappa shape index (κ1) is 16.9. The van der Waals surface area contributed by atoms with Gasteiger partial charge in [0.25, 0.3) is 0 Å². The summed E-state index contributed by atoms with van der Waals surface area (Å²) in [6, 6.07) is 2.28. The van der Waals surface area contributed by atoms with E-state index in [-0.39, 0.29) is 16.7 Å². The summed E-state index contributed by atoms with van der Waals surface area (Å²) < 4.78 is 39.2. The summed E-state index contributed by atoms with van der Waals surface area (Å²) in [5, 5.41) is 0. The number of rotatable bonds is 4. The van der Waals surface area contributed by atoms with Crippen molar-refractivity contribution in [2.75, 3.05) is 33.4 Å². The minimum Gasteiger partial charge on any atom is -0.399 e. The predicted octanol–water partition coefficient (Wildman–Crippen LogP) is 0.879. The predicted molar refractivity (Wildman–Crippen MR) is 77.0 cm³/mol. The number of hydrogen-bond acceptors (Lipinski definition) is 4. The molecule has 0 atom stereocenters. The summed E-state index contributed by atoms with van der Waals surface area (Å²) in [6.07, 6.45) is 0. The van der Waals surface area contributed by atoms with Crippen molar-refractivity contribution >= 4 is 37.5 Å². The highest BCUT2D eigenvalue weighted by molar-refractivity contribution is 9.10. The summed E-state index contributed by atoms with van der Waals surface area (Å²) >= 11 is 2.90. The van der Waals surface area contributed by atoms with Crippen LogP contribution in [0.2, 0.25) is 0 Å². The second-order valence-corrected chi connectivity index (χ2v) is 7.23. The van der Waals surface area contributed by atoms with Crippen LogP contribution in [0.1, 0.15) is 0 Å². The number of likely N-dealkylation sites (N-methyl/N-ethyl adjacent to an activating group) is 2.